The van der Waals surface area contributed by atoms with Gasteiger partial charge in [0.05, 0.1) is 12.7 Å². The van der Waals surface area contributed by atoms with Crippen molar-refractivity contribution in [1.82, 2.24) is 0 Å². The summed E-state index contributed by atoms with van der Waals surface area (Å²) < 4.78 is 11.5. The minimum Gasteiger partial charge on any atom is -0.494 e. The first-order valence-corrected chi connectivity index (χ1v) is 8.39. The van der Waals surface area contributed by atoms with Gasteiger partial charge in [0, 0.05) is 18.3 Å². The maximum absolute atomic E-state index is 5.75. The second-order valence-corrected chi connectivity index (χ2v) is 5.90. The summed E-state index contributed by atoms with van der Waals surface area (Å²) in [6.45, 7) is 7.77. The van der Waals surface area contributed by atoms with E-state index in [0.29, 0.717) is 0 Å². The van der Waals surface area contributed by atoms with E-state index in [1.807, 2.05) is 44.2 Å². The smallest absolute Gasteiger partial charge is 0.121 e. The van der Waals surface area contributed by atoms with Gasteiger partial charge >= 0.3 is 0 Å². The normalized spacial score (nSPS) is 10.6. The van der Waals surface area contributed by atoms with E-state index in [1.54, 1.807) is 0 Å². The summed E-state index contributed by atoms with van der Waals surface area (Å²) in [5, 5.41) is 3.43. The SMILES string of the molecule is CCCCOc1cccc(CNc2cccc(OC(C)C)c2)c1. The molecule has 0 atom stereocenters. The Hall–Kier alpha value is -2.16. The number of ether oxygens (including phenoxy) is 2. The van der Waals surface area contributed by atoms with Crippen LogP contribution in [0.4, 0.5) is 5.69 Å². The highest BCUT2D eigenvalue weighted by Gasteiger charge is 2.01. The van der Waals surface area contributed by atoms with Crippen LogP contribution in [0, 0.1) is 0 Å². The molecule has 0 heterocycles. The van der Waals surface area contributed by atoms with Crippen molar-refractivity contribution in [3.05, 3.63) is 54.1 Å². The first kappa shape index (κ1) is 17.2. The van der Waals surface area contributed by atoms with E-state index in [1.165, 1.54) is 5.56 Å². The van der Waals surface area contributed by atoms with Crippen LogP contribution in [0.3, 0.4) is 0 Å². The van der Waals surface area contributed by atoms with Crippen molar-refractivity contribution in [2.45, 2.75) is 46.3 Å². The van der Waals surface area contributed by atoms with Crippen molar-refractivity contribution >= 4 is 5.69 Å². The maximum Gasteiger partial charge on any atom is 0.121 e. The zero-order valence-electron chi connectivity index (χ0n) is 14.3. The fourth-order valence-electron chi connectivity index (χ4n) is 2.24. The van der Waals surface area contributed by atoms with E-state index in [0.717, 1.165) is 43.2 Å². The molecule has 1 N–H and O–H groups in total. The molecule has 0 aromatic heterocycles. The average molecular weight is 313 g/mol. The highest BCUT2D eigenvalue weighted by atomic mass is 16.5. The van der Waals surface area contributed by atoms with Gasteiger partial charge in [0.1, 0.15) is 11.5 Å². The van der Waals surface area contributed by atoms with Gasteiger partial charge in [-0.1, -0.05) is 31.5 Å². The topological polar surface area (TPSA) is 30.5 Å². The van der Waals surface area contributed by atoms with Crippen molar-refractivity contribution in [1.29, 1.82) is 0 Å². The van der Waals surface area contributed by atoms with Crippen LogP contribution in [0.1, 0.15) is 39.2 Å². The van der Waals surface area contributed by atoms with Crippen LogP contribution in [-0.2, 0) is 6.54 Å². The Kier molecular flexibility index (Phi) is 6.79. The number of hydrogen-bond donors (Lipinski definition) is 1. The Bertz CT molecular complexity index is 596. The van der Waals surface area contributed by atoms with Crippen molar-refractivity contribution in [3.63, 3.8) is 0 Å². The molecule has 0 saturated carbocycles. The van der Waals surface area contributed by atoms with E-state index in [-0.39, 0.29) is 6.10 Å². The Morgan fingerprint density at radius 2 is 1.78 bits per heavy atom. The molecular formula is C20H27NO2. The lowest BCUT2D eigenvalue weighted by atomic mass is 10.2. The summed E-state index contributed by atoms with van der Waals surface area (Å²) in [5.41, 5.74) is 2.26. The van der Waals surface area contributed by atoms with Crippen LogP contribution in [0.25, 0.3) is 0 Å². The molecule has 0 spiro atoms. The average Bonchev–Trinajstić information content (AvgIpc) is 2.53. The first-order valence-electron chi connectivity index (χ1n) is 8.39. The van der Waals surface area contributed by atoms with E-state index < -0.39 is 0 Å². The molecule has 0 amide bonds. The highest BCUT2D eigenvalue weighted by molar-refractivity contribution is 5.48. The molecular weight excluding hydrogens is 286 g/mol. The fourth-order valence-corrected chi connectivity index (χ4v) is 2.24. The van der Waals surface area contributed by atoms with E-state index >= 15 is 0 Å². The molecule has 124 valence electrons. The first-order chi connectivity index (χ1) is 11.2. The summed E-state index contributed by atoms with van der Waals surface area (Å²) in [5.74, 6) is 1.83. The van der Waals surface area contributed by atoms with Crippen molar-refractivity contribution < 1.29 is 9.47 Å². The summed E-state index contributed by atoms with van der Waals surface area (Å²) in [6, 6.07) is 16.3. The molecule has 3 nitrogen and oxygen atoms in total. The number of benzene rings is 2. The standard InChI is InChI=1S/C20H27NO2/c1-4-5-12-22-19-10-6-8-17(13-19)15-21-18-9-7-11-20(14-18)23-16(2)3/h6-11,13-14,16,21H,4-5,12,15H2,1-3H3. The van der Waals surface area contributed by atoms with Crippen LogP contribution < -0.4 is 14.8 Å². The second-order valence-electron chi connectivity index (χ2n) is 5.90. The minimum atomic E-state index is 0.183. The monoisotopic (exact) mass is 313 g/mol. The van der Waals surface area contributed by atoms with Gasteiger partial charge in [0.25, 0.3) is 0 Å². The van der Waals surface area contributed by atoms with Gasteiger partial charge in [0.15, 0.2) is 0 Å². The summed E-state index contributed by atoms with van der Waals surface area (Å²) in [4.78, 5) is 0. The lowest BCUT2D eigenvalue weighted by Gasteiger charge is -2.12. The molecule has 0 aliphatic heterocycles. The maximum atomic E-state index is 5.75. The summed E-state index contributed by atoms with van der Waals surface area (Å²) in [7, 11) is 0. The van der Waals surface area contributed by atoms with Gasteiger partial charge in [-0.3, -0.25) is 0 Å². The minimum absolute atomic E-state index is 0.183. The molecule has 0 aliphatic rings. The number of anilines is 1. The third-order valence-corrected chi connectivity index (χ3v) is 3.37. The van der Waals surface area contributed by atoms with E-state index in [2.05, 4.69) is 30.4 Å². The van der Waals surface area contributed by atoms with Crippen LogP contribution in [0.15, 0.2) is 48.5 Å². The van der Waals surface area contributed by atoms with Crippen molar-refractivity contribution in [3.8, 4) is 11.5 Å². The number of unbranched alkanes of at least 4 members (excludes halogenated alkanes) is 1. The molecule has 0 saturated heterocycles. The van der Waals surface area contributed by atoms with E-state index in [4.69, 9.17) is 9.47 Å². The number of hydrogen-bond acceptors (Lipinski definition) is 3. The quantitative estimate of drug-likeness (QED) is 0.640. The molecule has 0 unspecified atom stereocenters. The van der Waals surface area contributed by atoms with Gasteiger partial charge < -0.3 is 14.8 Å². The Morgan fingerprint density at radius 3 is 2.57 bits per heavy atom. The third-order valence-electron chi connectivity index (χ3n) is 3.37. The number of nitrogens with one attached hydrogen (secondary N) is 1. The third kappa shape index (κ3) is 6.23. The van der Waals surface area contributed by atoms with Crippen LogP contribution >= 0.6 is 0 Å². The highest BCUT2D eigenvalue weighted by Crippen LogP contribution is 2.20. The van der Waals surface area contributed by atoms with Gasteiger partial charge in [-0.05, 0) is 50.1 Å². The Morgan fingerprint density at radius 1 is 1.00 bits per heavy atom. The Balaban J connectivity index is 1.91. The van der Waals surface area contributed by atoms with Gasteiger partial charge in [0.2, 0.25) is 0 Å². The molecule has 0 aliphatic carbocycles. The van der Waals surface area contributed by atoms with Gasteiger partial charge in [-0.15, -0.1) is 0 Å². The van der Waals surface area contributed by atoms with E-state index in [9.17, 15) is 0 Å². The zero-order valence-corrected chi connectivity index (χ0v) is 14.3. The molecule has 0 fully saturated rings. The van der Waals surface area contributed by atoms with Crippen LogP contribution in [0.2, 0.25) is 0 Å². The predicted molar refractivity (Wildman–Crippen MR) is 96.4 cm³/mol. The number of rotatable bonds is 9. The van der Waals surface area contributed by atoms with Gasteiger partial charge in [-0.2, -0.15) is 0 Å². The zero-order chi connectivity index (χ0) is 16.5. The molecule has 2 aromatic carbocycles. The van der Waals surface area contributed by atoms with Crippen LogP contribution in [0.5, 0.6) is 11.5 Å². The summed E-state index contributed by atoms with van der Waals surface area (Å²) >= 11 is 0. The molecule has 0 radical (unpaired) electrons. The van der Waals surface area contributed by atoms with Gasteiger partial charge in [-0.25, -0.2) is 0 Å². The van der Waals surface area contributed by atoms with Crippen molar-refractivity contribution in [2.75, 3.05) is 11.9 Å². The van der Waals surface area contributed by atoms with Crippen LogP contribution in [-0.4, -0.2) is 12.7 Å². The fraction of sp³-hybridized carbons (Fsp3) is 0.400. The molecule has 2 aromatic rings. The lowest BCUT2D eigenvalue weighted by Crippen LogP contribution is -2.06. The largest absolute Gasteiger partial charge is 0.494 e. The molecule has 0 bridgehead atoms. The Labute approximate surface area is 139 Å². The molecule has 3 heteroatoms. The molecule has 23 heavy (non-hydrogen) atoms. The second kappa shape index (κ2) is 9.09. The van der Waals surface area contributed by atoms with Crippen molar-refractivity contribution in [2.24, 2.45) is 0 Å². The predicted octanol–water partition coefficient (Wildman–Crippen LogP) is 5.26. The molecule has 2 rings (SSSR count). The lowest BCUT2D eigenvalue weighted by molar-refractivity contribution is 0.242. The summed E-state index contributed by atoms with van der Waals surface area (Å²) in [6.07, 6.45) is 2.42.